The number of carbonyl (C=O) groups is 3. The Morgan fingerprint density at radius 1 is 1.00 bits per heavy atom. The fourth-order valence-electron chi connectivity index (χ4n) is 4.25. The van der Waals surface area contributed by atoms with E-state index in [0.29, 0.717) is 29.1 Å². The Hall–Kier alpha value is -3.78. The Bertz CT molecular complexity index is 1250. The van der Waals surface area contributed by atoms with Crippen LogP contribution in [0.4, 0.5) is 11.4 Å². The van der Waals surface area contributed by atoms with Crippen molar-refractivity contribution >= 4 is 40.9 Å². The first-order valence-electron chi connectivity index (χ1n) is 10.8. The average molecular weight is 475 g/mol. The summed E-state index contributed by atoms with van der Waals surface area (Å²) in [5, 5.41) is 2.81. The van der Waals surface area contributed by atoms with E-state index in [0.717, 1.165) is 4.90 Å². The number of rotatable bonds is 6. The second-order valence-corrected chi connectivity index (χ2v) is 9.32. The van der Waals surface area contributed by atoms with E-state index in [9.17, 15) is 14.4 Å². The van der Waals surface area contributed by atoms with Crippen molar-refractivity contribution < 1.29 is 23.9 Å². The van der Waals surface area contributed by atoms with Gasteiger partial charge in [0.15, 0.2) is 4.87 Å². The third kappa shape index (κ3) is 3.80. The zero-order valence-corrected chi connectivity index (χ0v) is 19.2. The molecule has 2 atom stereocenters. The Morgan fingerprint density at radius 3 is 2.44 bits per heavy atom. The number of hydrogen-bond donors (Lipinski definition) is 1. The highest BCUT2D eigenvalue weighted by molar-refractivity contribution is 8.02. The van der Waals surface area contributed by atoms with E-state index >= 15 is 0 Å². The van der Waals surface area contributed by atoms with Crippen LogP contribution in [-0.4, -0.2) is 29.8 Å². The molecule has 0 aromatic heterocycles. The van der Waals surface area contributed by atoms with Gasteiger partial charge in [0, 0.05) is 29.0 Å². The van der Waals surface area contributed by atoms with E-state index < -0.39 is 22.9 Å². The van der Waals surface area contributed by atoms with Gasteiger partial charge < -0.3 is 14.8 Å². The number of esters is 1. The zero-order chi connectivity index (χ0) is 23.7. The molecule has 34 heavy (non-hydrogen) atoms. The minimum Gasteiger partial charge on any atom is -0.497 e. The topological polar surface area (TPSA) is 84.9 Å². The predicted molar refractivity (Wildman–Crippen MR) is 129 cm³/mol. The molecule has 1 saturated heterocycles. The van der Waals surface area contributed by atoms with Gasteiger partial charge in [-0.3, -0.25) is 14.5 Å². The number of anilines is 2. The summed E-state index contributed by atoms with van der Waals surface area (Å²) in [5.74, 6) is -0.573. The molecule has 2 aliphatic rings. The Labute approximate surface area is 201 Å². The van der Waals surface area contributed by atoms with Crippen LogP contribution in [0.5, 0.6) is 5.75 Å². The maximum absolute atomic E-state index is 13.7. The van der Waals surface area contributed by atoms with Gasteiger partial charge in [-0.2, -0.15) is 0 Å². The van der Waals surface area contributed by atoms with E-state index in [4.69, 9.17) is 9.47 Å². The molecule has 172 valence electrons. The highest BCUT2D eigenvalue weighted by Gasteiger charge is 2.59. The average Bonchev–Trinajstić information content (AvgIpc) is 3.39. The van der Waals surface area contributed by atoms with Gasteiger partial charge >= 0.3 is 5.97 Å². The van der Waals surface area contributed by atoms with Crippen molar-refractivity contribution in [3.8, 4) is 5.75 Å². The molecular formula is C26H22N2O5S. The van der Waals surface area contributed by atoms with Crippen LogP contribution < -0.4 is 15.0 Å². The van der Waals surface area contributed by atoms with Gasteiger partial charge in [0.1, 0.15) is 5.75 Å². The van der Waals surface area contributed by atoms with Crippen LogP contribution >= 0.6 is 11.8 Å². The fraction of sp³-hybridized carbons (Fsp3) is 0.192. The number of ether oxygens (including phenoxy) is 2. The molecule has 0 spiro atoms. The zero-order valence-electron chi connectivity index (χ0n) is 18.4. The molecule has 3 aromatic rings. The van der Waals surface area contributed by atoms with Crippen LogP contribution in [0.3, 0.4) is 0 Å². The second-order valence-electron chi connectivity index (χ2n) is 8.00. The van der Waals surface area contributed by atoms with Gasteiger partial charge in [-0.25, -0.2) is 4.79 Å². The van der Waals surface area contributed by atoms with Gasteiger partial charge in [0.05, 0.1) is 12.8 Å². The summed E-state index contributed by atoms with van der Waals surface area (Å²) in [6, 6.07) is 23.1. The summed E-state index contributed by atoms with van der Waals surface area (Å²) in [6.07, 6.45) is -0.636. The summed E-state index contributed by atoms with van der Waals surface area (Å²) in [7, 11) is 1.56. The summed E-state index contributed by atoms with van der Waals surface area (Å²) < 4.78 is 11.1. The van der Waals surface area contributed by atoms with E-state index in [1.54, 1.807) is 55.6 Å². The largest absolute Gasteiger partial charge is 0.497 e. The van der Waals surface area contributed by atoms with E-state index in [1.807, 2.05) is 30.3 Å². The molecule has 5 rings (SSSR count). The number of para-hydroxylation sites is 1. The summed E-state index contributed by atoms with van der Waals surface area (Å²) >= 11 is 1.31. The number of nitrogens with one attached hydrogen (secondary N) is 1. The molecule has 0 aliphatic carbocycles. The number of amides is 2. The third-order valence-corrected chi connectivity index (χ3v) is 7.37. The minimum atomic E-state index is -1.21. The maximum atomic E-state index is 13.7. The lowest BCUT2D eigenvalue weighted by Crippen LogP contribution is -2.48. The Kier molecular flexibility index (Phi) is 5.75. The number of fused-ring (bicyclic) bond motifs is 3. The molecule has 7 nitrogen and oxygen atoms in total. The van der Waals surface area contributed by atoms with Crippen LogP contribution in [0, 0.1) is 0 Å². The lowest BCUT2D eigenvalue weighted by atomic mass is 10.1. The lowest BCUT2D eigenvalue weighted by Gasteiger charge is -2.30. The molecule has 3 aromatic carbocycles. The first-order chi connectivity index (χ1) is 16.5. The lowest BCUT2D eigenvalue weighted by molar-refractivity contribution is -0.157. The van der Waals surface area contributed by atoms with Crippen LogP contribution in [0.25, 0.3) is 0 Å². The van der Waals surface area contributed by atoms with Crippen molar-refractivity contribution in [2.45, 2.75) is 28.7 Å². The third-order valence-electron chi connectivity index (χ3n) is 5.92. The SMILES string of the molecule is COc1ccc(NC(=O)[C@H](OC(=O)[C@]23CCC(=O)N2c2ccccc2S3)c2ccccc2)cc1. The van der Waals surface area contributed by atoms with Crippen LogP contribution in [0.1, 0.15) is 24.5 Å². The van der Waals surface area contributed by atoms with Gasteiger partial charge in [0.25, 0.3) is 5.91 Å². The number of nitrogens with zero attached hydrogens (tertiary/aromatic N) is 1. The molecule has 0 radical (unpaired) electrons. The monoisotopic (exact) mass is 474 g/mol. The smallest absolute Gasteiger partial charge is 0.344 e. The molecule has 1 N–H and O–H groups in total. The van der Waals surface area contributed by atoms with Gasteiger partial charge in [-0.15, -0.1) is 0 Å². The second kappa shape index (κ2) is 8.87. The number of thioether (sulfide) groups is 1. The van der Waals surface area contributed by atoms with Gasteiger partial charge in [-0.05, 0) is 36.4 Å². The van der Waals surface area contributed by atoms with Crippen molar-refractivity contribution in [1.29, 1.82) is 0 Å². The van der Waals surface area contributed by atoms with Crippen molar-refractivity contribution in [2.75, 3.05) is 17.3 Å². The highest BCUT2D eigenvalue weighted by atomic mass is 32.2. The summed E-state index contributed by atoms with van der Waals surface area (Å²) in [5.41, 5.74) is 1.78. The van der Waals surface area contributed by atoms with Crippen LogP contribution in [-0.2, 0) is 19.1 Å². The van der Waals surface area contributed by atoms with Gasteiger partial charge in [-0.1, -0.05) is 54.2 Å². The molecule has 0 unspecified atom stereocenters. The molecule has 0 bridgehead atoms. The summed E-state index contributed by atoms with van der Waals surface area (Å²) in [4.78, 5) is 40.8. The predicted octanol–water partition coefficient (Wildman–Crippen LogP) is 4.55. The fourth-order valence-corrected chi connectivity index (χ4v) is 5.66. The minimum absolute atomic E-state index is 0.131. The normalized spacial score (nSPS) is 19.2. The number of hydrogen-bond acceptors (Lipinski definition) is 6. The van der Waals surface area contributed by atoms with Crippen LogP contribution in [0.15, 0.2) is 83.8 Å². The van der Waals surface area contributed by atoms with E-state index in [1.165, 1.54) is 16.7 Å². The first kappa shape index (κ1) is 22.0. The molecule has 0 saturated carbocycles. The molecule has 2 aliphatic heterocycles. The molecule has 2 heterocycles. The quantitative estimate of drug-likeness (QED) is 0.528. The number of carbonyl (C=O) groups excluding carboxylic acids is 3. The van der Waals surface area contributed by atoms with Crippen molar-refractivity contribution in [1.82, 2.24) is 0 Å². The molecular weight excluding hydrogens is 452 g/mol. The maximum Gasteiger partial charge on any atom is 0.344 e. The first-order valence-corrected chi connectivity index (χ1v) is 11.7. The summed E-state index contributed by atoms with van der Waals surface area (Å²) in [6.45, 7) is 0. The molecule has 1 fully saturated rings. The van der Waals surface area contributed by atoms with E-state index in [-0.39, 0.29) is 12.3 Å². The molecule has 8 heteroatoms. The standard InChI is InChI=1S/C26H22N2O5S/c1-32-19-13-11-18(12-14-19)27-24(30)23(17-7-3-2-4-8-17)33-25(31)26-16-15-22(29)28(26)20-9-5-6-10-21(20)34-26/h2-14,23H,15-16H2,1H3,(H,27,30)/t23-,26-/m1/s1. The Balaban J connectivity index is 1.43. The molecule has 2 amide bonds. The van der Waals surface area contributed by atoms with Crippen molar-refractivity contribution in [3.63, 3.8) is 0 Å². The van der Waals surface area contributed by atoms with E-state index in [2.05, 4.69) is 5.32 Å². The van der Waals surface area contributed by atoms with Crippen LogP contribution in [0.2, 0.25) is 0 Å². The van der Waals surface area contributed by atoms with Crippen molar-refractivity contribution in [3.05, 3.63) is 84.4 Å². The van der Waals surface area contributed by atoms with Crippen molar-refractivity contribution in [2.24, 2.45) is 0 Å². The number of methoxy groups -OCH3 is 1. The van der Waals surface area contributed by atoms with Gasteiger partial charge in [0.2, 0.25) is 12.0 Å². The highest BCUT2D eigenvalue weighted by Crippen LogP contribution is 2.56. The Morgan fingerprint density at radius 2 is 1.71 bits per heavy atom. The number of benzene rings is 3.